The summed E-state index contributed by atoms with van der Waals surface area (Å²) in [6.45, 7) is 0.764. The molecule has 0 atom stereocenters. The molecule has 0 fully saturated rings. The van der Waals surface area contributed by atoms with E-state index in [0.29, 0.717) is 0 Å². The highest BCUT2D eigenvalue weighted by atomic mass is 32.1. The van der Waals surface area contributed by atoms with Crippen LogP contribution < -0.4 is 5.56 Å². The highest BCUT2D eigenvalue weighted by Crippen LogP contribution is 1.97. The van der Waals surface area contributed by atoms with Crippen molar-refractivity contribution in [1.82, 2.24) is 9.55 Å². The van der Waals surface area contributed by atoms with Crippen molar-refractivity contribution in [1.29, 1.82) is 0 Å². The molecule has 72 valence electrons. The normalized spacial score (nSPS) is 10.2. The van der Waals surface area contributed by atoms with Crippen LogP contribution in [0.1, 0.15) is 19.3 Å². The molecule has 1 rings (SSSR count). The van der Waals surface area contributed by atoms with Crippen LogP contribution in [0.2, 0.25) is 0 Å². The lowest BCUT2D eigenvalue weighted by atomic mass is 10.2. The van der Waals surface area contributed by atoms with Gasteiger partial charge in [0.2, 0.25) is 0 Å². The smallest absolute Gasteiger partial charge is 0.253 e. The molecule has 0 unspecified atom stereocenters. The van der Waals surface area contributed by atoms with E-state index in [9.17, 15) is 4.79 Å². The first-order valence-corrected chi connectivity index (χ1v) is 5.09. The van der Waals surface area contributed by atoms with Crippen molar-refractivity contribution in [2.45, 2.75) is 25.8 Å². The second kappa shape index (κ2) is 5.80. The van der Waals surface area contributed by atoms with Gasteiger partial charge in [0.1, 0.15) is 0 Å². The summed E-state index contributed by atoms with van der Waals surface area (Å²) in [7, 11) is 0. The van der Waals surface area contributed by atoms with Crippen LogP contribution in [-0.4, -0.2) is 15.3 Å². The SMILES string of the molecule is O=c1ccncn1CCCCCS. The zero-order chi connectivity index (χ0) is 9.52. The Morgan fingerprint density at radius 3 is 2.92 bits per heavy atom. The number of aromatic nitrogens is 2. The molecule has 13 heavy (non-hydrogen) atoms. The molecule has 1 heterocycles. The van der Waals surface area contributed by atoms with Crippen LogP contribution in [0.25, 0.3) is 0 Å². The highest BCUT2D eigenvalue weighted by molar-refractivity contribution is 7.80. The summed E-state index contributed by atoms with van der Waals surface area (Å²) in [5.74, 6) is 0.919. The van der Waals surface area contributed by atoms with Gasteiger partial charge in [-0.3, -0.25) is 9.36 Å². The van der Waals surface area contributed by atoms with Gasteiger partial charge < -0.3 is 0 Å². The van der Waals surface area contributed by atoms with Crippen LogP contribution in [0.5, 0.6) is 0 Å². The molecule has 0 spiro atoms. The number of nitrogens with zero attached hydrogens (tertiary/aromatic N) is 2. The molecule has 0 N–H and O–H groups in total. The minimum Gasteiger partial charge on any atom is -0.299 e. The molecular weight excluding hydrogens is 184 g/mol. The van der Waals surface area contributed by atoms with Gasteiger partial charge in [-0.05, 0) is 18.6 Å². The zero-order valence-corrected chi connectivity index (χ0v) is 8.41. The van der Waals surface area contributed by atoms with E-state index in [2.05, 4.69) is 17.6 Å². The molecular formula is C9H14N2OS. The second-order valence-corrected chi connectivity index (χ2v) is 3.34. The van der Waals surface area contributed by atoms with Crippen molar-refractivity contribution in [2.75, 3.05) is 5.75 Å². The van der Waals surface area contributed by atoms with Gasteiger partial charge in [-0.1, -0.05) is 6.42 Å². The fraction of sp³-hybridized carbons (Fsp3) is 0.556. The van der Waals surface area contributed by atoms with E-state index < -0.39 is 0 Å². The number of hydrogen-bond donors (Lipinski definition) is 1. The molecule has 1 aromatic rings. The molecule has 1 aromatic heterocycles. The van der Waals surface area contributed by atoms with E-state index in [-0.39, 0.29) is 5.56 Å². The second-order valence-electron chi connectivity index (χ2n) is 2.90. The van der Waals surface area contributed by atoms with Gasteiger partial charge in [-0.15, -0.1) is 0 Å². The number of aryl methyl sites for hydroxylation is 1. The first-order valence-electron chi connectivity index (χ1n) is 4.46. The lowest BCUT2D eigenvalue weighted by Crippen LogP contribution is -2.18. The summed E-state index contributed by atoms with van der Waals surface area (Å²) in [5, 5.41) is 0. The number of thiol groups is 1. The molecule has 0 saturated heterocycles. The fourth-order valence-corrected chi connectivity index (χ4v) is 1.34. The topological polar surface area (TPSA) is 34.9 Å². The van der Waals surface area contributed by atoms with Crippen molar-refractivity contribution in [3.05, 3.63) is 28.9 Å². The maximum Gasteiger partial charge on any atom is 0.253 e. The van der Waals surface area contributed by atoms with Gasteiger partial charge in [0.25, 0.3) is 5.56 Å². The highest BCUT2D eigenvalue weighted by Gasteiger charge is 1.93. The van der Waals surface area contributed by atoms with Gasteiger partial charge >= 0.3 is 0 Å². The Morgan fingerprint density at radius 2 is 2.23 bits per heavy atom. The van der Waals surface area contributed by atoms with Crippen LogP contribution in [0, 0.1) is 0 Å². The van der Waals surface area contributed by atoms with Gasteiger partial charge in [0.15, 0.2) is 0 Å². The lowest BCUT2D eigenvalue weighted by molar-refractivity contribution is 0.581. The summed E-state index contributed by atoms with van der Waals surface area (Å²) in [6.07, 6.45) is 6.35. The van der Waals surface area contributed by atoms with Gasteiger partial charge in [-0.2, -0.15) is 12.6 Å². The van der Waals surface area contributed by atoms with Crippen molar-refractivity contribution in [3.8, 4) is 0 Å². The molecule has 0 aliphatic heterocycles. The maximum absolute atomic E-state index is 11.2. The Kier molecular flexibility index (Phi) is 4.60. The van der Waals surface area contributed by atoms with E-state index >= 15 is 0 Å². The van der Waals surface area contributed by atoms with Crippen LogP contribution in [0.3, 0.4) is 0 Å². The maximum atomic E-state index is 11.2. The Labute approximate surface area is 83.2 Å². The molecule has 0 radical (unpaired) electrons. The summed E-state index contributed by atoms with van der Waals surface area (Å²) >= 11 is 4.12. The minimum atomic E-state index is 0.0286. The molecule has 0 amide bonds. The van der Waals surface area contributed by atoms with Crippen LogP contribution in [0.4, 0.5) is 0 Å². The molecule has 0 aliphatic carbocycles. The molecule has 0 aromatic carbocycles. The van der Waals surface area contributed by atoms with Crippen LogP contribution in [0.15, 0.2) is 23.4 Å². The summed E-state index contributed by atoms with van der Waals surface area (Å²) < 4.78 is 1.64. The monoisotopic (exact) mass is 198 g/mol. The largest absolute Gasteiger partial charge is 0.299 e. The number of hydrogen-bond acceptors (Lipinski definition) is 3. The van der Waals surface area contributed by atoms with E-state index in [1.807, 2.05) is 0 Å². The standard InChI is InChI=1S/C9H14N2OS/c12-9-4-5-10-8-11(9)6-2-1-3-7-13/h4-5,8,13H,1-3,6-7H2. The molecule has 0 saturated carbocycles. The third-order valence-electron chi connectivity index (χ3n) is 1.85. The Bertz CT molecular complexity index is 298. The lowest BCUT2D eigenvalue weighted by Gasteiger charge is -2.02. The summed E-state index contributed by atoms with van der Waals surface area (Å²) in [6, 6.07) is 1.48. The van der Waals surface area contributed by atoms with E-state index in [4.69, 9.17) is 0 Å². The molecule has 0 bridgehead atoms. The number of rotatable bonds is 5. The molecule has 0 aliphatic rings. The molecule has 4 heteroatoms. The average molecular weight is 198 g/mol. The quantitative estimate of drug-likeness (QED) is 0.572. The third kappa shape index (κ3) is 3.63. The third-order valence-corrected chi connectivity index (χ3v) is 2.17. The Hall–Kier alpha value is -0.770. The summed E-state index contributed by atoms with van der Waals surface area (Å²) in [5.41, 5.74) is 0.0286. The van der Waals surface area contributed by atoms with Crippen molar-refractivity contribution >= 4 is 12.6 Å². The number of unbranched alkanes of at least 4 members (excludes halogenated alkanes) is 2. The van der Waals surface area contributed by atoms with E-state index in [0.717, 1.165) is 31.6 Å². The predicted molar refractivity (Wildman–Crippen MR) is 56.2 cm³/mol. The van der Waals surface area contributed by atoms with Crippen molar-refractivity contribution in [2.24, 2.45) is 0 Å². The first kappa shape index (κ1) is 10.3. The van der Waals surface area contributed by atoms with Crippen molar-refractivity contribution < 1.29 is 0 Å². The Morgan fingerprint density at radius 1 is 1.38 bits per heavy atom. The van der Waals surface area contributed by atoms with Crippen LogP contribution in [-0.2, 0) is 6.54 Å². The van der Waals surface area contributed by atoms with Gasteiger partial charge in [-0.25, -0.2) is 4.98 Å². The first-order chi connectivity index (χ1) is 6.34. The van der Waals surface area contributed by atoms with E-state index in [1.165, 1.54) is 12.3 Å². The average Bonchev–Trinajstić information content (AvgIpc) is 2.15. The summed E-state index contributed by atoms with van der Waals surface area (Å²) in [4.78, 5) is 15.1. The Balaban J connectivity index is 2.37. The fourth-order valence-electron chi connectivity index (χ4n) is 1.12. The van der Waals surface area contributed by atoms with E-state index in [1.54, 1.807) is 10.9 Å². The zero-order valence-electron chi connectivity index (χ0n) is 7.52. The van der Waals surface area contributed by atoms with Crippen LogP contribution >= 0.6 is 12.6 Å². The predicted octanol–water partition coefficient (Wildman–Crippen LogP) is 1.34. The van der Waals surface area contributed by atoms with Gasteiger partial charge in [0, 0.05) is 18.8 Å². The minimum absolute atomic E-state index is 0.0286. The van der Waals surface area contributed by atoms with Crippen molar-refractivity contribution in [3.63, 3.8) is 0 Å². The molecule has 3 nitrogen and oxygen atoms in total. The van der Waals surface area contributed by atoms with Gasteiger partial charge in [0.05, 0.1) is 6.33 Å².